The van der Waals surface area contributed by atoms with Crippen molar-refractivity contribution in [1.82, 2.24) is 9.78 Å². The molecular weight excluding hydrogens is 306 g/mol. The number of ketones is 1. The van der Waals surface area contributed by atoms with Crippen molar-refractivity contribution in [3.05, 3.63) is 47.8 Å². The van der Waals surface area contributed by atoms with Gasteiger partial charge in [-0.15, -0.1) is 0 Å². The van der Waals surface area contributed by atoms with Crippen LogP contribution in [0.15, 0.2) is 36.5 Å². The first-order valence-electron chi connectivity index (χ1n) is 6.93. The van der Waals surface area contributed by atoms with Crippen molar-refractivity contribution < 1.29 is 23.0 Å². The van der Waals surface area contributed by atoms with E-state index in [4.69, 9.17) is 4.74 Å². The summed E-state index contributed by atoms with van der Waals surface area (Å²) in [6.07, 6.45) is 4.59. The zero-order chi connectivity index (χ0) is 16.8. The maximum absolute atomic E-state index is 12.3. The number of hydrogen-bond acceptors (Lipinski definition) is 4. The third-order valence-electron chi connectivity index (χ3n) is 2.88. The average molecular weight is 322 g/mol. The van der Waals surface area contributed by atoms with Gasteiger partial charge in [-0.1, -0.05) is 12.1 Å². The number of ether oxygens (including phenoxy) is 2. The van der Waals surface area contributed by atoms with Gasteiger partial charge < -0.3 is 9.47 Å². The molecule has 0 atom stereocenters. The highest BCUT2D eigenvalue weighted by molar-refractivity contribution is 6.05. The van der Waals surface area contributed by atoms with Crippen LogP contribution in [0.3, 0.4) is 0 Å². The summed E-state index contributed by atoms with van der Waals surface area (Å²) in [5, 5.41) is 4.00. The van der Waals surface area contributed by atoms with Gasteiger partial charge >= 0.3 is 6.61 Å². The minimum Gasteiger partial charge on any atom is -0.490 e. The van der Waals surface area contributed by atoms with Crippen molar-refractivity contribution in [2.45, 2.75) is 13.5 Å². The summed E-state index contributed by atoms with van der Waals surface area (Å²) >= 11 is 0. The van der Waals surface area contributed by atoms with E-state index in [9.17, 15) is 13.6 Å². The molecule has 0 radical (unpaired) electrons. The number of alkyl halides is 2. The summed E-state index contributed by atoms with van der Waals surface area (Å²) in [5.74, 6) is -0.105. The Bertz CT molecular complexity index is 711. The van der Waals surface area contributed by atoms with E-state index in [2.05, 4.69) is 9.84 Å². The van der Waals surface area contributed by atoms with Crippen molar-refractivity contribution >= 4 is 11.9 Å². The molecule has 0 bridgehead atoms. The van der Waals surface area contributed by atoms with E-state index in [1.165, 1.54) is 22.9 Å². The van der Waals surface area contributed by atoms with Crippen LogP contribution in [0, 0.1) is 0 Å². The molecule has 2 aromatic rings. The third-order valence-corrected chi connectivity index (χ3v) is 2.88. The summed E-state index contributed by atoms with van der Waals surface area (Å²) in [5.41, 5.74) is 0.950. The molecule has 0 aliphatic carbocycles. The fourth-order valence-corrected chi connectivity index (χ4v) is 1.89. The monoisotopic (exact) mass is 322 g/mol. The second-order valence-electron chi connectivity index (χ2n) is 4.59. The lowest BCUT2D eigenvalue weighted by molar-refractivity contribution is -0.0514. The molecular formula is C16H16F2N2O3. The SMILES string of the molecule is CCOc1cc(/C=C/C(=O)c2ccn(C)n2)ccc1OC(F)F. The fraction of sp³-hybridized carbons (Fsp3) is 0.250. The number of carbonyl (C=O) groups excluding carboxylic acids is 1. The first-order chi connectivity index (χ1) is 11.0. The Labute approximate surface area is 132 Å². The molecule has 23 heavy (non-hydrogen) atoms. The van der Waals surface area contributed by atoms with Crippen LogP contribution in [0.25, 0.3) is 6.08 Å². The minimum atomic E-state index is -2.93. The number of carbonyl (C=O) groups is 1. The molecule has 0 aliphatic heterocycles. The lowest BCUT2D eigenvalue weighted by Crippen LogP contribution is -2.04. The van der Waals surface area contributed by atoms with Crippen molar-refractivity contribution in [1.29, 1.82) is 0 Å². The van der Waals surface area contributed by atoms with Gasteiger partial charge in [-0.25, -0.2) is 0 Å². The summed E-state index contributed by atoms with van der Waals surface area (Å²) < 4.78 is 35.9. The van der Waals surface area contributed by atoms with Gasteiger partial charge in [0, 0.05) is 13.2 Å². The standard InChI is InChI=1S/C16H16F2N2O3/c1-3-22-15-10-11(5-7-14(15)23-16(17)18)4-6-13(21)12-8-9-20(2)19-12/h4-10,16H,3H2,1-2H3/b6-4+. The highest BCUT2D eigenvalue weighted by Crippen LogP contribution is 2.30. The van der Waals surface area contributed by atoms with Crippen molar-refractivity contribution in [3.63, 3.8) is 0 Å². The van der Waals surface area contributed by atoms with Crippen LogP contribution in [0.2, 0.25) is 0 Å². The summed E-state index contributed by atoms with van der Waals surface area (Å²) in [6, 6.07) is 6.08. The Balaban J connectivity index is 2.17. The molecule has 5 nitrogen and oxygen atoms in total. The summed E-state index contributed by atoms with van der Waals surface area (Å²) in [7, 11) is 1.72. The van der Waals surface area contributed by atoms with Gasteiger partial charge in [0.2, 0.25) is 5.78 Å². The van der Waals surface area contributed by atoms with Crippen molar-refractivity contribution in [2.24, 2.45) is 7.05 Å². The van der Waals surface area contributed by atoms with Crippen LogP contribution >= 0.6 is 0 Å². The number of aryl methyl sites for hydroxylation is 1. The van der Waals surface area contributed by atoms with E-state index < -0.39 is 6.61 Å². The van der Waals surface area contributed by atoms with Crippen LogP contribution in [0.5, 0.6) is 11.5 Å². The highest BCUT2D eigenvalue weighted by Gasteiger charge is 2.11. The summed E-state index contributed by atoms with van der Waals surface area (Å²) in [6.45, 7) is -0.889. The van der Waals surface area contributed by atoms with Crippen LogP contribution in [-0.2, 0) is 7.05 Å². The first kappa shape index (κ1) is 16.7. The highest BCUT2D eigenvalue weighted by atomic mass is 19.3. The van der Waals surface area contributed by atoms with E-state index >= 15 is 0 Å². The van der Waals surface area contributed by atoms with Gasteiger partial charge in [0.25, 0.3) is 0 Å². The average Bonchev–Trinajstić information content (AvgIpc) is 2.93. The zero-order valence-corrected chi connectivity index (χ0v) is 12.7. The molecule has 7 heteroatoms. The molecule has 1 aromatic heterocycles. The van der Waals surface area contributed by atoms with Gasteiger partial charge in [-0.2, -0.15) is 13.9 Å². The molecule has 1 aromatic carbocycles. The lowest BCUT2D eigenvalue weighted by Gasteiger charge is -2.11. The van der Waals surface area contributed by atoms with Gasteiger partial charge in [0.05, 0.1) is 6.61 Å². The number of rotatable bonds is 7. The van der Waals surface area contributed by atoms with E-state index in [-0.39, 0.29) is 17.3 Å². The van der Waals surface area contributed by atoms with E-state index in [0.29, 0.717) is 17.9 Å². The number of allylic oxidation sites excluding steroid dienone is 1. The Morgan fingerprint density at radius 3 is 2.74 bits per heavy atom. The molecule has 0 N–H and O–H groups in total. The number of hydrogen-bond donors (Lipinski definition) is 0. The van der Waals surface area contributed by atoms with E-state index in [1.54, 1.807) is 38.4 Å². The molecule has 1 heterocycles. The molecule has 0 aliphatic rings. The van der Waals surface area contributed by atoms with Gasteiger partial charge in [0.1, 0.15) is 5.69 Å². The Kier molecular flexibility index (Phi) is 5.46. The maximum Gasteiger partial charge on any atom is 0.387 e. The summed E-state index contributed by atoms with van der Waals surface area (Å²) in [4.78, 5) is 11.9. The molecule has 0 spiro atoms. The molecule has 2 rings (SSSR count). The largest absolute Gasteiger partial charge is 0.490 e. The predicted octanol–water partition coefficient (Wildman–Crippen LogP) is 3.32. The molecule has 0 saturated carbocycles. The zero-order valence-electron chi connectivity index (χ0n) is 12.7. The van der Waals surface area contributed by atoms with Crippen LogP contribution in [0.4, 0.5) is 8.78 Å². The second-order valence-corrected chi connectivity index (χ2v) is 4.59. The van der Waals surface area contributed by atoms with Crippen LogP contribution in [-0.4, -0.2) is 28.8 Å². The molecule has 0 fully saturated rings. The van der Waals surface area contributed by atoms with Crippen LogP contribution in [0.1, 0.15) is 23.0 Å². The Morgan fingerprint density at radius 1 is 1.35 bits per heavy atom. The molecule has 0 saturated heterocycles. The lowest BCUT2D eigenvalue weighted by atomic mass is 10.1. The molecule has 122 valence electrons. The fourth-order valence-electron chi connectivity index (χ4n) is 1.89. The van der Waals surface area contributed by atoms with Gasteiger partial charge in [0.15, 0.2) is 11.5 Å². The van der Waals surface area contributed by atoms with Crippen molar-refractivity contribution in [3.8, 4) is 11.5 Å². The number of benzene rings is 1. The quantitative estimate of drug-likeness (QED) is 0.580. The number of halogens is 2. The molecule has 0 unspecified atom stereocenters. The smallest absolute Gasteiger partial charge is 0.387 e. The number of aromatic nitrogens is 2. The maximum atomic E-state index is 12.3. The normalized spacial score (nSPS) is 11.2. The topological polar surface area (TPSA) is 53.4 Å². The Morgan fingerprint density at radius 2 is 2.13 bits per heavy atom. The number of nitrogens with zero attached hydrogens (tertiary/aromatic N) is 2. The Hall–Kier alpha value is -2.70. The third kappa shape index (κ3) is 4.64. The van der Waals surface area contributed by atoms with Gasteiger partial charge in [-0.3, -0.25) is 9.48 Å². The van der Waals surface area contributed by atoms with Gasteiger partial charge in [-0.05, 0) is 36.8 Å². The van der Waals surface area contributed by atoms with E-state index in [0.717, 1.165) is 0 Å². The molecule has 0 amide bonds. The van der Waals surface area contributed by atoms with Crippen LogP contribution < -0.4 is 9.47 Å². The minimum absolute atomic E-state index is 0.0462. The van der Waals surface area contributed by atoms with Crippen molar-refractivity contribution in [2.75, 3.05) is 6.61 Å². The predicted molar refractivity (Wildman–Crippen MR) is 80.8 cm³/mol. The second kappa shape index (κ2) is 7.53. The van der Waals surface area contributed by atoms with E-state index in [1.807, 2.05) is 0 Å². The first-order valence-corrected chi connectivity index (χ1v) is 6.93.